The van der Waals surface area contributed by atoms with Crippen LogP contribution in [-0.4, -0.2) is 92.1 Å². The molecule has 1 atom stereocenters. The number of likely N-dealkylation sites (N-methyl/N-ethyl adjacent to an activating group) is 1. The maximum Gasteiger partial charge on any atom is 0.325 e. The lowest BCUT2D eigenvalue weighted by Gasteiger charge is -2.41. The van der Waals surface area contributed by atoms with Gasteiger partial charge in [-0.25, -0.2) is 4.79 Å². The number of hydrogen-bond acceptors (Lipinski definition) is 6. The molecule has 0 aliphatic carbocycles. The van der Waals surface area contributed by atoms with Crippen LogP contribution in [0.5, 0.6) is 11.5 Å². The Kier molecular flexibility index (Phi) is 8.99. The number of piperidine rings is 1. The highest BCUT2D eigenvalue weighted by molar-refractivity contribution is 6.07. The van der Waals surface area contributed by atoms with Crippen molar-refractivity contribution in [1.29, 1.82) is 0 Å². The predicted octanol–water partition coefficient (Wildman–Crippen LogP) is 2.60. The largest absolute Gasteiger partial charge is 0.493 e. The second-order valence-corrected chi connectivity index (χ2v) is 10.2. The molecule has 0 spiro atoms. The van der Waals surface area contributed by atoms with Gasteiger partial charge in [0.2, 0.25) is 0 Å². The van der Waals surface area contributed by atoms with E-state index in [0.29, 0.717) is 62.9 Å². The van der Waals surface area contributed by atoms with Crippen LogP contribution in [-0.2, 0) is 9.59 Å². The van der Waals surface area contributed by atoms with Crippen LogP contribution in [0.3, 0.4) is 0 Å². The fourth-order valence-electron chi connectivity index (χ4n) is 4.91. The number of methoxy groups -OCH3 is 1. The fourth-order valence-corrected chi connectivity index (χ4v) is 4.91. The van der Waals surface area contributed by atoms with E-state index in [1.165, 1.54) is 4.90 Å². The summed E-state index contributed by atoms with van der Waals surface area (Å²) >= 11 is 0. The monoisotopic (exact) mass is 488 g/mol. The number of nitrogens with one attached hydrogen (secondary N) is 1. The highest BCUT2D eigenvalue weighted by Gasteiger charge is 2.55. The van der Waals surface area contributed by atoms with Gasteiger partial charge in [0.25, 0.3) is 11.8 Å². The van der Waals surface area contributed by atoms with Crippen molar-refractivity contribution in [2.24, 2.45) is 11.8 Å². The van der Waals surface area contributed by atoms with E-state index in [2.05, 4.69) is 19.2 Å². The van der Waals surface area contributed by atoms with Crippen LogP contribution in [0.1, 0.15) is 39.5 Å². The lowest BCUT2D eigenvalue weighted by molar-refractivity contribution is -0.137. The molecule has 2 fully saturated rings. The molecule has 0 saturated carbocycles. The highest BCUT2D eigenvalue weighted by atomic mass is 16.5. The summed E-state index contributed by atoms with van der Waals surface area (Å²) in [7, 11) is 5.41. The first-order valence-corrected chi connectivity index (χ1v) is 12.5. The zero-order valence-corrected chi connectivity index (χ0v) is 21.7. The van der Waals surface area contributed by atoms with Crippen molar-refractivity contribution in [3.8, 4) is 11.5 Å². The number of rotatable bonds is 11. The van der Waals surface area contributed by atoms with Crippen molar-refractivity contribution in [1.82, 2.24) is 20.0 Å². The van der Waals surface area contributed by atoms with Crippen molar-refractivity contribution < 1.29 is 23.9 Å². The zero-order valence-electron chi connectivity index (χ0n) is 21.7. The molecule has 0 radical (unpaired) electrons. The Morgan fingerprint density at radius 2 is 1.83 bits per heavy atom. The zero-order chi connectivity index (χ0) is 25.6. The van der Waals surface area contributed by atoms with Crippen LogP contribution in [0.15, 0.2) is 24.3 Å². The van der Waals surface area contributed by atoms with E-state index in [1.807, 2.05) is 31.1 Å². The molecule has 35 heavy (non-hydrogen) atoms. The summed E-state index contributed by atoms with van der Waals surface area (Å²) in [6.07, 6.45) is 2.78. The molecule has 9 nitrogen and oxygen atoms in total. The van der Waals surface area contributed by atoms with Gasteiger partial charge in [-0.1, -0.05) is 26.0 Å². The molecule has 0 unspecified atom stereocenters. The van der Waals surface area contributed by atoms with Gasteiger partial charge >= 0.3 is 6.03 Å². The maximum absolute atomic E-state index is 13.6. The van der Waals surface area contributed by atoms with Crippen molar-refractivity contribution in [3.63, 3.8) is 0 Å². The molecular weight excluding hydrogens is 448 g/mol. The Bertz CT molecular complexity index is 897. The summed E-state index contributed by atoms with van der Waals surface area (Å²) in [4.78, 5) is 44.4. The van der Waals surface area contributed by atoms with Crippen LogP contribution in [0.4, 0.5) is 4.79 Å². The molecule has 194 valence electrons. The molecule has 0 aromatic heterocycles. The Hall–Kier alpha value is -2.81. The maximum atomic E-state index is 13.6. The number of amides is 4. The number of urea groups is 1. The van der Waals surface area contributed by atoms with Crippen molar-refractivity contribution in [2.75, 3.05) is 54.0 Å². The minimum absolute atomic E-state index is 0.0127. The molecule has 1 aromatic rings. The first kappa shape index (κ1) is 26.8. The molecule has 2 aliphatic rings. The topological polar surface area (TPSA) is 91.4 Å². The molecule has 2 aliphatic heterocycles. The Labute approximate surface area is 208 Å². The first-order chi connectivity index (χ1) is 16.7. The van der Waals surface area contributed by atoms with Gasteiger partial charge in [-0.2, -0.15) is 0 Å². The van der Waals surface area contributed by atoms with Gasteiger partial charge in [-0.3, -0.25) is 14.5 Å². The van der Waals surface area contributed by atoms with Gasteiger partial charge < -0.3 is 24.6 Å². The minimum atomic E-state index is -0.892. The van der Waals surface area contributed by atoms with Crippen LogP contribution >= 0.6 is 0 Å². The van der Waals surface area contributed by atoms with E-state index >= 15 is 0 Å². The predicted molar refractivity (Wildman–Crippen MR) is 133 cm³/mol. The van der Waals surface area contributed by atoms with E-state index in [1.54, 1.807) is 24.1 Å². The Morgan fingerprint density at radius 1 is 1.17 bits per heavy atom. The molecule has 9 heteroatoms. The lowest BCUT2D eigenvalue weighted by atomic mass is 9.74. The second-order valence-electron chi connectivity index (χ2n) is 10.2. The molecule has 4 amide bonds. The summed E-state index contributed by atoms with van der Waals surface area (Å²) in [5.41, 5.74) is -0.892. The van der Waals surface area contributed by atoms with E-state index in [0.717, 1.165) is 6.42 Å². The third-order valence-electron chi connectivity index (χ3n) is 7.05. The number of benzene rings is 1. The molecule has 2 saturated heterocycles. The average molecular weight is 489 g/mol. The molecule has 1 aromatic carbocycles. The summed E-state index contributed by atoms with van der Waals surface area (Å²) in [6.45, 7) is 6.24. The normalized spacial score (nSPS) is 21.1. The number of nitrogens with zero attached hydrogens (tertiary/aromatic N) is 3. The molecular formula is C26H40N4O5. The van der Waals surface area contributed by atoms with Crippen molar-refractivity contribution in [2.45, 2.75) is 45.1 Å². The summed E-state index contributed by atoms with van der Waals surface area (Å²) < 4.78 is 11.0. The molecule has 1 N–H and O–H groups in total. The number of ether oxygens (including phenoxy) is 2. The molecule has 2 heterocycles. The number of carbonyl (C=O) groups excluding carboxylic acids is 3. The van der Waals surface area contributed by atoms with E-state index < -0.39 is 5.54 Å². The van der Waals surface area contributed by atoms with Crippen LogP contribution in [0.2, 0.25) is 0 Å². The Morgan fingerprint density at radius 3 is 2.43 bits per heavy atom. The van der Waals surface area contributed by atoms with Gasteiger partial charge in [0, 0.05) is 26.2 Å². The SMILES string of the molecule is COc1ccccc1OCC(=O)N1CCC([C@]2(CCC(C)C)NC(=O)N(CCN(C)C)C2=O)CC1. The van der Waals surface area contributed by atoms with Crippen LogP contribution in [0.25, 0.3) is 0 Å². The molecule has 3 rings (SSSR count). The van der Waals surface area contributed by atoms with E-state index in [-0.39, 0.29) is 30.4 Å². The fraction of sp³-hybridized carbons (Fsp3) is 0.654. The average Bonchev–Trinajstić information content (AvgIpc) is 3.09. The third kappa shape index (κ3) is 6.25. The van der Waals surface area contributed by atoms with Crippen LogP contribution in [0, 0.1) is 11.8 Å². The van der Waals surface area contributed by atoms with Crippen LogP contribution < -0.4 is 14.8 Å². The van der Waals surface area contributed by atoms with Crippen molar-refractivity contribution >= 4 is 17.8 Å². The third-order valence-corrected chi connectivity index (χ3v) is 7.05. The summed E-state index contributed by atoms with van der Waals surface area (Å²) in [5, 5.41) is 3.10. The van der Waals surface area contributed by atoms with Gasteiger partial charge in [0.1, 0.15) is 5.54 Å². The summed E-state index contributed by atoms with van der Waals surface area (Å²) in [5.74, 6) is 1.31. The quantitative estimate of drug-likeness (QED) is 0.482. The minimum Gasteiger partial charge on any atom is -0.493 e. The Balaban J connectivity index is 1.64. The van der Waals surface area contributed by atoms with E-state index in [4.69, 9.17) is 9.47 Å². The summed E-state index contributed by atoms with van der Waals surface area (Å²) in [6, 6.07) is 6.94. The number of carbonyl (C=O) groups is 3. The number of imide groups is 1. The second kappa shape index (κ2) is 11.7. The lowest BCUT2D eigenvalue weighted by Crippen LogP contribution is -2.57. The number of likely N-dealkylation sites (tertiary alicyclic amines) is 1. The smallest absolute Gasteiger partial charge is 0.325 e. The van der Waals surface area contributed by atoms with Crippen molar-refractivity contribution in [3.05, 3.63) is 24.3 Å². The van der Waals surface area contributed by atoms with Gasteiger partial charge in [0.05, 0.1) is 7.11 Å². The molecule has 0 bridgehead atoms. The van der Waals surface area contributed by atoms with Gasteiger partial charge in [-0.15, -0.1) is 0 Å². The standard InChI is InChI=1S/C26H40N4O5/c1-19(2)10-13-26(24(32)30(25(33)27-26)17-16-28(3)4)20-11-14-29(15-12-20)23(31)18-35-22-9-7-6-8-21(22)34-5/h6-9,19-20H,10-18H2,1-5H3,(H,27,33)/t26-/m0/s1. The number of hydrogen-bond donors (Lipinski definition) is 1. The van der Waals surface area contributed by atoms with Gasteiger partial charge in [-0.05, 0) is 63.7 Å². The first-order valence-electron chi connectivity index (χ1n) is 12.5. The highest BCUT2D eigenvalue weighted by Crippen LogP contribution is 2.38. The van der Waals surface area contributed by atoms with E-state index in [9.17, 15) is 14.4 Å². The van der Waals surface area contributed by atoms with Gasteiger partial charge in [0.15, 0.2) is 18.1 Å². The number of para-hydroxylation sites is 2.